The van der Waals surface area contributed by atoms with Crippen molar-refractivity contribution in [2.45, 2.75) is 39.0 Å². The van der Waals surface area contributed by atoms with Crippen LogP contribution >= 0.6 is 35.3 Å². The Morgan fingerprint density at radius 3 is 2.68 bits per heavy atom. The second kappa shape index (κ2) is 11.4. The second-order valence-electron chi connectivity index (χ2n) is 6.82. The molecule has 0 atom stereocenters. The Morgan fingerprint density at radius 2 is 2.00 bits per heavy atom. The van der Waals surface area contributed by atoms with E-state index in [9.17, 15) is 9.59 Å². The zero-order chi connectivity index (χ0) is 22.2. The second-order valence-corrected chi connectivity index (χ2v) is 9.56. The zero-order valence-electron chi connectivity index (χ0n) is 17.4. The number of aryl methyl sites for hydroxylation is 1. The fourth-order valence-corrected chi connectivity index (χ4v) is 4.91. The van der Waals surface area contributed by atoms with Crippen LogP contribution < -0.4 is 10.1 Å². The summed E-state index contributed by atoms with van der Waals surface area (Å²) in [4.78, 5) is 27.0. The molecule has 1 aromatic heterocycles. The van der Waals surface area contributed by atoms with Crippen molar-refractivity contribution in [1.29, 1.82) is 0 Å². The third-order valence-corrected chi connectivity index (χ3v) is 6.95. The van der Waals surface area contributed by atoms with Gasteiger partial charge in [-0.25, -0.2) is 0 Å². The van der Waals surface area contributed by atoms with Gasteiger partial charge in [-0.15, -0.1) is 10.2 Å². The predicted octanol–water partition coefficient (Wildman–Crippen LogP) is 4.51. The molecule has 31 heavy (non-hydrogen) atoms. The van der Waals surface area contributed by atoms with Crippen molar-refractivity contribution in [2.75, 3.05) is 19.0 Å². The molecule has 1 fully saturated rings. The van der Waals surface area contributed by atoms with Crippen molar-refractivity contribution < 1.29 is 14.3 Å². The highest BCUT2D eigenvalue weighted by atomic mass is 32.2. The number of hydrogen-bond donors (Lipinski definition) is 1. The van der Waals surface area contributed by atoms with Gasteiger partial charge in [0.05, 0.1) is 12.0 Å². The summed E-state index contributed by atoms with van der Waals surface area (Å²) in [6, 6.07) is 7.52. The van der Waals surface area contributed by atoms with E-state index in [4.69, 9.17) is 17.0 Å². The Morgan fingerprint density at radius 1 is 1.23 bits per heavy atom. The molecule has 0 unspecified atom stereocenters. The SMILES string of the molecule is CCc1nnc(NC(=O)CCCCCN2C(=O)/C(=C/c3ccc(OC)cc3)SC2=S)s1. The van der Waals surface area contributed by atoms with Gasteiger partial charge in [0.2, 0.25) is 11.0 Å². The van der Waals surface area contributed by atoms with Crippen LogP contribution in [0.2, 0.25) is 0 Å². The number of amides is 2. The highest BCUT2D eigenvalue weighted by Gasteiger charge is 2.31. The van der Waals surface area contributed by atoms with Gasteiger partial charge in [-0.05, 0) is 43.0 Å². The van der Waals surface area contributed by atoms with Crippen molar-refractivity contribution >= 4 is 62.7 Å². The standard InChI is InChI=1S/C21H24N4O3S3/c1-3-18-23-24-20(31-18)22-17(26)7-5-4-6-12-25-19(27)16(30-21(25)29)13-14-8-10-15(28-2)11-9-14/h8-11,13H,3-7,12H2,1-2H3,(H,22,24,26)/b16-13-. The van der Waals surface area contributed by atoms with Crippen LogP contribution in [0.1, 0.15) is 43.2 Å². The van der Waals surface area contributed by atoms with Gasteiger partial charge in [-0.1, -0.05) is 60.8 Å². The maximum absolute atomic E-state index is 12.7. The minimum atomic E-state index is -0.0634. The fraction of sp³-hybridized carbons (Fsp3) is 0.381. The molecule has 0 aliphatic carbocycles. The largest absolute Gasteiger partial charge is 0.497 e. The van der Waals surface area contributed by atoms with Gasteiger partial charge >= 0.3 is 0 Å². The van der Waals surface area contributed by atoms with Crippen LogP contribution in [0.25, 0.3) is 6.08 Å². The molecule has 0 bridgehead atoms. The minimum absolute atomic E-state index is 0.0631. The summed E-state index contributed by atoms with van der Waals surface area (Å²) in [5, 5.41) is 12.2. The van der Waals surface area contributed by atoms with Crippen LogP contribution in [0.3, 0.4) is 0 Å². The van der Waals surface area contributed by atoms with Crippen molar-refractivity contribution in [2.24, 2.45) is 0 Å². The highest BCUT2D eigenvalue weighted by molar-refractivity contribution is 8.26. The van der Waals surface area contributed by atoms with E-state index in [1.807, 2.05) is 37.3 Å². The maximum atomic E-state index is 12.7. The van der Waals surface area contributed by atoms with Crippen LogP contribution in [0.5, 0.6) is 5.75 Å². The Labute approximate surface area is 195 Å². The Hall–Kier alpha value is -2.30. The van der Waals surface area contributed by atoms with Crippen LogP contribution in [-0.4, -0.2) is 44.9 Å². The average molecular weight is 477 g/mol. The van der Waals surface area contributed by atoms with Crippen molar-refractivity contribution in [3.05, 3.63) is 39.7 Å². The van der Waals surface area contributed by atoms with Crippen LogP contribution in [-0.2, 0) is 16.0 Å². The number of aromatic nitrogens is 2. The normalized spacial score (nSPS) is 15.0. The van der Waals surface area contributed by atoms with Gasteiger partial charge in [0.15, 0.2) is 0 Å². The van der Waals surface area contributed by atoms with Crippen molar-refractivity contribution in [1.82, 2.24) is 15.1 Å². The summed E-state index contributed by atoms with van der Waals surface area (Å²) < 4.78 is 5.73. The first kappa shape index (κ1) is 23.4. The molecule has 10 heteroatoms. The summed E-state index contributed by atoms with van der Waals surface area (Å²) in [6.07, 6.45) is 5.42. The summed E-state index contributed by atoms with van der Waals surface area (Å²) in [7, 11) is 1.62. The molecule has 2 heterocycles. The summed E-state index contributed by atoms with van der Waals surface area (Å²) in [5.74, 6) is 0.644. The lowest BCUT2D eigenvalue weighted by Gasteiger charge is -2.14. The molecule has 1 N–H and O–H groups in total. The molecule has 2 amide bonds. The first-order valence-corrected chi connectivity index (χ1v) is 12.1. The molecule has 7 nitrogen and oxygen atoms in total. The highest BCUT2D eigenvalue weighted by Crippen LogP contribution is 2.33. The Bertz CT molecular complexity index is 973. The van der Waals surface area contributed by atoms with Crippen LogP contribution in [0, 0.1) is 0 Å². The monoisotopic (exact) mass is 476 g/mol. The first-order valence-electron chi connectivity index (χ1n) is 10.0. The summed E-state index contributed by atoms with van der Waals surface area (Å²) >= 11 is 8.11. The minimum Gasteiger partial charge on any atom is -0.497 e. The molecule has 1 aromatic carbocycles. The number of carbonyl (C=O) groups is 2. The Balaban J connectivity index is 1.40. The molecular formula is C21H24N4O3S3. The van der Waals surface area contributed by atoms with E-state index < -0.39 is 0 Å². The number of thiocarbonyl (C=S) groups is 1. The number of thioether (sulfide) groups is 1. The lowest BCUT2D eigenvalue weighted by atomic mass is 10.1. The molecule has 1 saturated heterocycles. The fourth-order valence-electron chi connectivity index (χ4n) is 2.91. The van der Waals surface area contributed by atoms with E-state index in [1.165, 1.54) is 23.1 Å². The van der Waals surface area contributed by atoms with Gasteiger partial charge in [0, 0.05) is 13.0 Å². The molecule has 3 rings (SSSR count). The summed E-state index contributed by atoms with van der Waals surface area (Å²) in [5.41, 5.74) is 0.925. The number of unbranched alkanes of at least 4 members (excludes halogenated alkanes) is 2. The number of hydrogen-bond acceptors (Lipinski definition) is 8. The molecule has 0 saturated carbocycles. The Kier molecular flexibility index (Phi) is 8.56. The third kappa shape index (κ3) is 6.59. The number of carbonyl (C=O) groups excluding carboxylic acids is 2. The van der Waals surface area contributed by atoms with Gasteiger partial charge in [0.1, 0.15) is 15.1 Å². The quantitative estimate of drug-likeness (QED) is 0.307. The van der Waals surface area contributed by atoms with Gasteiger partial charge < -0.3 is 10.1 Å². The maximum Gasteiger partial charge on any atom is 0.266 e. The lowest BCUT2D eigenvalue weighted by molar-refractivity contribution is -0.122. The number of anilines is 1. The van der Waals surface area contributed by atoms with Crippen molar-refractivity contribution in [3.8, 4) is 5.75 Å². The van der Waals surface area contributed by atoms with E-state index in [2.05, 4.69) is 15.5 Å². The topological polar surface area (TPSA) is 84.4 Å². The van der Waals surface area contributed by atoms with E-state index >= 15 is 0 Å². The number of nitrogens with one attached hydrogen (secondary N) is 1. The third-order valence-electron chi connectivity index (χ3n) is 4.59. The number of nitrogens with zero attached hydrogens (tertiary/aromatic N) is 3. The smallest absolute Gasteiger partial charge is 0.266 e. The molecular weight excluding hydrogens is 452 g/mol. The van der Waals surface area contributed by atoms with Crippen LogP contribution in [0.15, 0.2) is 29.2 Å². The van der Waals surface area contributed by atoms with Crippen molar-refractivity contribution in [3.63, 3.8) is 0 Å². The first-order chi connectivity index (χ1) is 15.0. The predicted molar refractivity (Wildman–Crippen MR) is 129 cm³/mol. The van der Waals surface area contributed by atoms with Gasteiger partial charge in [-0.3, -0.25) is 14.5 Å². The van der Waals surface area contributed by atoms with Crippen LogP contribution in [0.4, 0.5) is 5.13 Å². The number of benzene rings is 1. The molecule has 0 radical (unpaired) electrons. The van der Waals surface area contributed by atoms with E-state index in [0.29, 0.717) is 27.3 Å². The lowest BCUT2D eigenvalue weighted by Crippen LogP contribution is -2.29. The van der Waals surface area contributed by atoms with E-state index in [1.54, 1.807) is 12.0 Å². The van der Waals surface area contributed by atoms with E-state index in [0.717, 1.165) is 42.0 Å². The van der Waals surface area contributed by atoms with Gasteiger partial charge in [-0.2, -0.15) is 0 Å². The molecule has 0 spiro atoms. The number of ether oxygens (including phenoxy) is 1. The molecule has 164 valence electrons. The average Bonchev–Trinajstić information content (AvgIpc) is 3.33. The van der Waals surface area contributed by atoms with Gasteiger partial charge in [0.25, 0.3) is 5.91 Å². The molecule has 2 aromatic rings. The zero-order valence-corrected chi connectivity index (χ0v) is 19.9. The molecule has 1 aliphatic heterocycles. The molecule has 1 aliphatic rings. The number of methoxy groups -OCH3 is 1. The summed E-state index contributed by atoms with van der Waals surface area (Å²) in [6.45, 7) is 2.56. The number of rotatable bonds is 10. The van der Waals surface area contributed by atoms with E-state index in [-0.39, 0.29) is 11.8 Å².